The average Bonchev–Trinajstić information content (AvgIpc) is 2.60. The fraction of sp³-hybridized carbons (Fsp3) is 0.308. The number of amides is 1. The summed E-state index contributed by atoms with van der Waals surface area (Å²) >= 11 is 2.27. The molecule has 1 amide bonds. The van der Waals surface area contributed by atoms with Gasteiger partial charge in [-0.1, -0.05) is 0 Å². The lowest BCUT2D eigenvalue weighted by Crippen LogP contribution is -2.25. The average molecular weight is 325 g/mol. The van der Waals surface area contributed by atoms with Crippen LogP contribution in [0.25, 0.3) is 0 Å². The first-order valence-corrected chi connectivity index (χ1v) is 6.22. The van der Waals surface area contributed by atoms with Crippen molar-refractivity contribution in [3.8, 4) is 12.3 Å². The lowest BCUT2D eigenvalue weighted by molar-refractivity contribution is -0.117. The Balaban J connectivity index is 2.32. The summed E-state index contributed by atoms with van der Waals surface area (Å²) in [5, 5.41) is 0. The summed E-state index contributed by atoms with van der Waals surface area (Å²) in [7, 11) is 0. The van der Waals surface area contributed by atoms with Gasteiger partial charge in [0.15, 0.2) is 0 Å². The zero-order valence-corrected chi connectivity index (χ0v) is 11.2. The molecule has 1 aromatic rings. The third-order valence-electron chi connectivity index (χ3n) is 2.81. The molecular weight excluding hydrogens is 313 g/mol. The van der Waals surface area contributed by atoms with Crippen LogP contribution in [0.3, 0.4) is 0 Å². The number of hydrogen-bond acceptors (Lipinski definition) is 1. The van der Waals surface area contributed by atoms with E-state index in [1.807, 2.05) is 19.1 Å². The van der Waals surface area contributed by atoms with Crippen LogP contribution in [0.4, 0.5) is 5.69 Å². The molecule has 0 aliphatic carbocycles. The monoisotopic (exact) mass is 325 g/mol. The Morgan fingerprint density at radius 1 is 1.56 bits per heavy atom. The van der Waals surface area contributed by atoms with Crippen LogP contribution in [-0.2, 0) is 4.79 Å². The second-order valence-electron chi connectivity index (χ2n) is 4.00. The number of benzene rings is 1. The standard InChI is InChI=1S/C13H12INO/c1-3-10-7-13(16)15(8-10)12-5-4-11(14)6-9(12)2/h1,4-6,10H,7-8H2,2H3. The predicted molar refractivity (Wildman–Crippen MR) is 73.2 cm³/mol. The first-order chi connectivity index (χ1) is 7.61. The van der Waals surface area contributed by atoms with Gasteiger partial charge in [-0.2, -0.15) is 0 Å². The second kappa shape index (κ2) is 4.46. The molecule has 82 valence electrons. The van der Waals surface area contributed by atoms with Gasteiger partial charge < -0.3 is 4.90 Å². The van der Waals surface area contributed by atoms with Gasteiger partial charge in [-0.3, -0.25) is 4.79 Å². The van der Waals surface area contributed by atoms with Crippen molar-refractivity contribution in [1.29, 1.82) is 0 Å². The smallest absolute Gasteiger partial charge is 0.228 e. The van der Waals surface area contributed by atoms with Crippen LogP contribution in [0.1, 0.15) is 12.0 Å². The molecule has 1 aliphatic heterocycles. The number of terminal acetylenes is 1. The molecule has 16 heavy (non-hydrogen) atoms. The fourth-order valence-corrected chi connectivity index (χ4v) is 2.62. The van der Waals surface area contributed by atoms with Gasteiger partial charge in [0.05, 0.1) is 0 Å². The van der Waals surface area contributed by atoms with E-state index in [4.69, 9.17) is 6.42 Å². The molecule has 1 heterocycles. The molecule has 1 atom stereocenters. The Morgan fingerprint density at radius 2 is 2.31 bits per heavy atom. The summed E-state index contributed by atoms with van der Waals surface area (Å²) in [6, 6.07) is 6.08. The molecule has 0 N–H and O–H groups in total. The number of carbonyl (C=O) groups is 1. The van der Waals surface area contributed by atoms with E-state index in [9.17, 15) is 4.79 Å². The van der Waals surface area contributed by atoms with Gasteiger partial charge in [0, 0.05) is 28.1 Å². The van der Waals surface area contributed by atoms with E-state index >= 15 is 0 Å². The highest BCUT2D eigenvalue weighted by Crippen LogP contribution is 2.28. The number of carbonyl (C=O) groups excluding carboxylic acids is 1. The molecule has 0 spiro atoms. The molecule has 1 aromatic carbocycles. The van der Waals surface area contributed by atoms with Gasteiger partial charge in [-0.25, -0.2) is 0 Å². The van der Waals surface area contributed by atoms with Crippen LogP contribution in [0.15, 0.2) is 18.2 Å². The van der Waals surface area contributed by atoms with Gasteiger partial charge >= 0.3 is 0 Å². The summed E-state index contributed by atoms with van der Waals surface area (Å²) in [6.07, 6.45) is 5.84. The summed E-state index contributed by atoms with van der Waals surface area (Å²) in [6.45, 7) is 2.67. The molecule has 2 rings (SSSR count). The molecule has 1 saturated heterocycles. The highest BCUT2D eigenvalue weighted by atomic mass is 127. The van der Waals surface area contributed by atoms with E-state index in [2.05, 4.69) is 34.6 Å². The number of rotatable bonds is 1. The Labute approximate surface area is 109 Å². The van der Waals surface area contributed by atoms with Crippen molar-refractivity contribution in [3.05, 3.63) is 27.3 Å². The predicted octanol–water partition coefficient (Wildman–Crippen LogP) is 2.59. The van der Waals surface area contributed by atoms with Crippen LogP contribution in [0.2, 0.25) is 0 Å². The van der Waals surface area contributed by atoms with Crippen molar-refractivity contribution in [1.82, 2.24) is 0 Å². The molecule has 0 saturated carbocycles. The highest BCUT2D eigenvalue weighted by Gasteiger charge is 2.29. The van der Waals surface area contributed by atoms with Crippen molar-refractivity contribution in [2.75, 3.05) is 11.4 Å². The van der Waals surface area contributed by atoms with E-state index in [0.29, 0.717) is 13.0 Å². The molecule has 2 nitrogen and oxygen atoms in total. The van der Waals surface area contributed by atoms with Crippen LogP contribution >= 0.6 is 22.6 Å². The minimum atomic E-state index is 0.0613. The van der Waals surface area contributed by atoms with Crippen molar-refractivity contribution in [2.24, 2.45) is 5.92 Å². The SMILES string of the molecule is C#CC1CC(=O)N(c2ccc(I)cc2C)C1. The maximum absolute atomic E-state index is 11.8. The molecule has 0 aromatic heterocycles. The Hall–Kier alpha value is -1.02. The quantitative estimate of drug-likeness (QED) is 0.574. The van der Waals surface area contributed by atoms with E-state index in [1.54, 1.807) is 4.90 Å². The van der Waals surface area contributed by atoms with Crippen LogP contribution in [-0.4, -0.2) is 12.5 Å². The summed E-state index contributed by atoms with van der Waals surface area (Å²) in [5.41, 5.74) is 2.11. The van der Waals surface area contributed by atoms with E-state index in [-0.39, 0.29) is 11.8 Å². The molecule has 1 unspecified atom stereocenters. The largest absolute Gasteiger partial charge is 0.311 e. The van der Waals surface area contributed by atoms with Crippen LogP contribution in [0.5, 0.6) is 0 Å². The maximum atomic E-state index is 11.8. The summed E-state index contributed by atoms with van der Waals surface area (Å²) < 4.78 is 1.18. The zero-order chi connectivity index (χ0) is 11.7. The minimum absolute atomic E-state index is 0.0613. The zero-order valence-electron chi connectivity index (χ0n) is 9.03. The highest BCUT2D eigenvalue weighted by molar-refractivity contribution is 14.1. The van der Waals surface area contributed by atoms with Gasteiger partial charge in [0.1, 0.15) is 0 Å². The van der Waals surface area contributed by atoms with Crippen molar-refractivity contribution < 1.29 is 4.79 Å². The summed E-state index contributed by atoms with van der Waals surface area (Å²) in [5.74, 6) is 2.85. The minimum Gasteiger partial charge on any atom is -0.311 e. The van der Waals surface area contributed by atoms with E-state index in [1.165, 1.54) is 3.57 Å². The third-order valence-corrected chi connectivity index (χ3v) is 3.48. The number of halogens is 1. The number of hydrogen-bond donors (Lipinski definition) is 0. The van der Waals surface area contributed by atoms with E-state index in [0.717, 1.165) is 11.3 Å². The van der Waals surface area contributed by atoms with Gasteiger partial charge in [0.25, 0.3) is 0 Å². The maximum Gasteiger partial charge on any atom is 0.228 e. The van der Waals surface area contributed by atoms with Crippen LogP contribution in [0, 0.1) is 28.8 Å². The number of nitrogens with zero attached hydrogens (tertiary/aromatic N) is 1. The normalized spacial score (nSPS) is 19.9. The molecule has 0 radical (unpaired) electrons. The molecule has 1 fully saturated rings. The van der Waals surface area contributed by atoms with Gasteiger partial charge in [-0.05, 0) is 53.3 Å². The second-order valence-corrected chi connectivity index (χ2v) is 5.25. The number of aryl methyl sites for hydroxylation is 1. The molecular formula is C13H12INO. The topological polar surface area (TPSA) is 20.3 Å². The molecule has 0 bridgehead atoms. The van der Waals surface area contributed by atoms with Crippen molar-refractivity contribution in [3.63, 3.8) is 0 Å². The first-order valence-electron chi connectivity index (χ1n) is 5.14. The lowest BCUT2D eigenvalue weighted by atomic mass is 10.1. The fourth-order valence-electron chi connectivity index (χ4n) is 1.97. The van der Waals surface area contributed by atoms with Gasteiger partial charge in [0.2, 0.25) is 5.91 Å². The Morgan fingerprint density at radius 3 is 2.88 bits per heavy atom. The first kappa shape index (κ1) is 11.5. The molecule has 3 heteroatoms. The molecule has 1 aliphatic rings. The Bertz CT molecular complexity index is 475. The Kier molecular flexibility index (Phi) is 3.20. The lowest BCUT2D eigenvalue weighted by Gasteiger charge is -2.18. The van der Waals surface area contributed by atoms with Gasteiger partial charge in [-0.15, -0.1) is 12.3 Å². The van der Waals surface area contributed by atoms with Crippen LogP contribution < -0.4 is 4.90 Å². The van der Waals surface area contributed by atoms with E-state index < -0.39 is 0 Å². The van der Waals surface area contributed by atoms with Crippen molar-refractivity contribution >= 4 is 34.2 Å². The van der Waals surface area contributed by atoms with Crippen molar-refractivity contribution in [2.45, 2.75) is 13.3 Å². The third kappa shape index (κ3) is 2.07. The number of anilines is 1. The summed E-state index contributed by atoms with van der Waals surface area (Å²) in [4.78, 5) is 13.6.